The number of fused-ring (bicyclic) bond motifs is 4. The molecule has 0 spiro atoms. The van der Waals surface area contributed by atoms with Crippen molar-refractivity contribution in [3.05, 3.63) is 47.5 Å². The molecule has 2 atom stereocenters. The third kappa shape index (κ3) is 4.17. The number of nitrogens with zero attached hydrogens (tertiary/aromatic N) is 1. The van der Waals surface area contributed by atoms with Gasteiger partial charge in [0.15, 0.2) is 0 Å². The number of benzene rings is 2. The second-order valence-corrected chi connectivity index (χ2v) is 10.3. The van der Waals surface area contributed by atoms with E-state index in [1.165, 1.54) is 11.1 Å². The van der Waals surface area contributed by atoms with Crippen LogP contribution in [0.25, 0.3) is 11.1 Å². The van der Waals surface area contributed by atoms with E-state index in [4.69, 9.17) is 14.2 Å². The van der Waals surface area contributed by atoms with E-state index < -0.39 is 0 Å². The Balaban J connectivity index is 1.35. The largest absolute Gasteiger partial charge is 0.497 e. The number of ether oxygens (including phenoxy) is 3. The minimum absolute atomic E-state index is 0.0152. The lowest BCUT2D eigenvalue weighted by Crippen LogP contribution is -2.53. The minimum atomic E-state index is -0.291. The summed E-state index contributed by atoms with van der Waals surface area (Å²) in [7, 11) is 3.33. The summed E-state index contributed by atoms with van der Waals surface area (Å²) in [6, 6.07) is 12.3. The third-order valence-electron chi connectivity index (χ3n) is 7.72. The van der Waals surface area contributed by atoms with Crippen molar-refractivity contribution in [2.24, 2.45) is 11.3 Å². The molecule has 33 heavy (non-hydrogen) atoms. The summed E-state index contributed by atoms with van der Waals surface area (Å²) in [6.45, 7) is 7.56. The molecule has 4 aliphatic rings. The van der Waals surface area contributed by atoms with Gasteiger partial charge in [-0.2, -0.15) is 0 Å². The van der Waals surface area contributed by atoms with Crippen molar-refractivity contribution in [1.82, 2.24) is 10.2 Å². The molecule has 3 heterocycles. The number of hydrogen-bond acceptors (Lipinski definition) is 5. The number of carbonyl (C=O) groups is 1. The lowest BCUT2D eigenvalue weighted by atomic mass is 9.85. The van der Waals surface area contributed by atoms with Crippen LogP contribution in [0.5, 0.6) is 11.5 Å². The zero-order valence-corrected chi connectivity index (χ0v) is 20.0. The summed E-state index contributed by atoms with van der Waals surface area (Å²) in [5.74, 6) is 2.05. The van der Waals surface area contributed by atoms with E-state index in [-0.39, 0.29) is 23.7 Å². The highest BCUT2D eigenvalue weighted by molar-refractivity contribution is 5.74. The highest BCUT2D eigenvalue weighted by atomic mass is 16.6. The predicted molar refractivity (Wildman–Crippen MR) is 128 cm³/mol. The molecule has 1 N–H and O–H groups in total. The van der Waals surface area contributed by atoms with E-state index in [9.17, 15) is 4.79 Å². The van der Waals surface area contributed by atoms with Gasteiger partial charge in [0.25, 0.3) is 0 Å². The summed E-state index contributed by atoms with van der Waals surface area (Å²) in [6.07, 6.45) is 2.88. The highest BCUT2D eigenvalue weighted by Gasteiger charge is 2.42. The Morgan fingerprint density at radius 1 is 1.06 bits per heavy atom. The number of rotatable bonds is 5. The minimum Gasteiger partial charge on any atom is -0.497 e. The van der Waals surface area contributed by atoms with Gasteiger partial charge in [0.05, 0.1) is 20.3 Å². The molecular weight excluding hydrogens is 416 g/mol. The lowest BCUT2D eigenvalue weighted by molar-refractivity contribution is -0.0348. The van der Waals surface area contributed by atoms with Crippen molar-refractivity contribution in [2.75, 3.05) is 33.9 Å². The topological polar surface area (TPSA) is 60.0 Å². The molecule has 2 bridgehead atoms. The number of carbonyl (C=O) groups excluding carboxylic acids is 1. The van der Waals surface area contributed by atoms with Crippen molar-refractivity contribution < 1.29 is 19.0 Å². The Kier molecular flexibility index (Phi) is 5.73. The Morgan fingerprint density at radius 2 is 1.85 bits per heavy atom. The fourth-order valence-electron chi connectivity index (χ4n) is 5.87. The molecule has 0 radical (unpaired) electrons. The van der Waals surface area contributed by atoms with Crippen LogP contribution in [0, 0.1) is 11.3 Å². The average Bonchev–Trinajstić information content (AvgIpc) is 3.07. The number of piperidine rings is 3. The number of hydrogen-bond donors (Lipinski definition) is 1. The number of nitrogens with one attached hydrogen (secondary N) is 1. The fourth-order valence-corrected chi connectivity index (χ4v) is 5.87. The van der Waals surface area contributed by atoms with Crippen LogP contribution in [-0.4, -0.2) is 51.0 Å². The van der Waals surface area contributed by atoms with Gasteiger partial charge in [0.1, 0.15) is 17.6 Å². The lowest BCUT2D eigenvalue weighted by Gasteiger charge is -2.44. The first-order valence-corrected chi connectivity index (χ1v) is 11.9. The van der Waals surface area contributed by atoms with Crippen LogP contribution in [0.2, 0.25) is 0 Å². The van der Waals surface area contributed by atoms with Gasteiger partial charge in [-0.05, 0) is 72.5 Å². The predicted octanol–water partition coefficient (Wildman–Crippen LogP) is 4.81. The standard InChI is InChI=1S/C27H34N2O4/c1-27(2)15-19-13-18(21-8-6-20(31-3)14-23(21)32-4)5-7-22(19)25(27)28-26(30)33-24-16-29-11-9-17(24)10-12-29/h5-8,13-14,17,24-25H,9-12,15-16H2,1-4H3,(H,28,30)/t24-,25?/m0/s1. The van der Waals surface area contributed by atoms with E-state index in [0.717, 1.165) is 61.5 Å². The van der Waals surface area contributed by atoms with Crippen LogP contribution in [0.15, 0.2) is 36.4 Å². The molecule has 6 nitrogen and oxygen atoms in total. The molecule has 3 saturated heterocycles. The Morgan fingerprint density at radius 3 is 2.52 bits per heavy atom. The highest BCUT2D eigenvalue weighted by Crippen LogP contribution is 2.47. The molecule has 6 rings (SSSR count). The maximum Gasteiger partial charge on any atom is 0.407 e. The second kappa shape index (κ2) is 8.56. The Labute approximate surface area is 196 Å². The van der Waals surface area contributed by atoms with E-state index in [0.29, 0.717) is 5.92 Å². The van der Waals surface area contributed by atoms with E-state index in [1.54, 1.807) is 14.2 Å². The van der Waals surface area contributed by atoms with Gasteiger partial charge >= 0.3 is 6.09 Å². The first kappa shape index (κ1) is 22.1. The molecule has 3 fully saturated rings. The number of methoxy groups -OCH3 is 2. The van der Waals surface area contributed by atoms with Gasteiger partial charge in [-0.3, -0.25) is 4.90 Å². The van der Waals surface area contributed by atoms with Gasteiger partial charge in [-0.1, -0.05) is 32.0 Å². The van der Waals surface area contributed by atoms with Crippen molar-refractivity contribution in [3.63, 3.8) is 0 Å². The van der Waals surface area contributed by atoms with E-state index >= 15 is 0 Å². The molecule has 1 amide bonds. The Bertz CT molecular complexity index is 1040. The monoisotopic (exact) mass is 450 g/mol. The van der Waals surface area contributed by atoms with Crippen LogP contribution >= 0.6 is 0 Å². The molecule has 1 unspecified atom stereocenters. The molecule has 3 aliphatic heterocycles. The Hall–Kier alpha value is -2.73. The van der Waals surface area contributed by atoms with Crippen LogP contribution < -0.4 is 14.8 Å². The molecule has 2 aromatic carbocycles. The number of amides is 1. The van der Waals surface area contributed by atoms with Crippen LogP contribution in [0.1, 0.15) is 43.9 Å². The molecule has 6 heteroatoms. The SMILES string of the molecule is COc1ccc(-c2ccc3c(c2)CC(C)(C)C3NC(=O)O[C@H]2CN3CCC2CC3)c(OC)c1. The smallest absolute Gasteiger partial charge is 0.407 e. The van der Waals surface area contributed by atoms with Gasteiger partial charge in [0, 0.05) is 18.2 Å². The van der Waals surface area contributed by atoms with Gasteiger partial charge in [0.2, 0.25) is 0 Å². The van der Waals surface area contributed by atoms with E-state index in [1.807, 2.05) is 18.2 Å². The van der Waals surface area contributed by atoms with Crippen molar-refractivity contribution in [1.29, 1.82) is 0 Å². The molecule has 0 saturated carbocycles. The number of alkyl carbamates (subject to hydrolysis) is 1. The first-order valence-electron chi connectivity index (χ1n) is 11.9. The molecule has 176 valence electrons. The third-order valence-corrected chi connectivity index (χ3v) is 7.72. The van der Waals surface area contributed by atoms with Gasteiger partial charge < -0.3 is 19.5 Å². The van der Waals surface area contributed by atoms with Gasteiger partial charge in [-0.15, -0.1) is 0 Å². The van der Waals surface area contributed by atoms with Crippen LogP contribution in [-0.2, 0) is 11.2 Å². The van der Waals surface area contributed by atoms with Gasteiger partial charge in [-0.25, -0.2) is 4.79 Å². The summed E-state index contributed by atoms with van der Waals surface area (Å²) in [5, 5.41) is 3.21. The second-order valence-electron chi connectivity index (χ2n) is 10.3. The zero-order chi connectivity index (χ0) is 23.2. The van der Waals surface area contributed by atoms with Crippen molar-refractivity contribution in [3.8, 4) is 22.6 Å². The summed E-state index contributed by atoms with van der Waals surface area (Å²) >= 11 is 0. The maximum absolute atomic E-state index is 12.9. The fraction of sp³-hybridized carbons (Fsp3) is 0.519. The molecule has 0 aromatic heterocycles. The van der Waals surface area contributed by atoms with Crippen molar-refractivity contribution in [2.45, 2.75) is 45.3 Å². The van der Waals surface area contributed by atoms with Crippen LogP contribution in [0.3, 0.4) is 0 Å². The summed E-state index contributed by atoms with van der Waals surface area (Å²) in [5.41, 5.74) is 4.45. The molecule has 1 aliphatic carbocycles. The van der Waals surface area contributed by atoms with E-state index in [2.05, 4.69) is 42.3 Å². The van der Waals surface area contributed by atoms with Crippen LogP contribution in [0.4, 0.5) is 4.79 Å². The first-order chi connectivity index (χ1) is 15.9. The average molecular weight is 451 g/mol. The maximum atomic E-state index is 12.9. The molecule has 2 aromatic rings. The normalized spacial score (nSPS) is 27.0. The molecular formula is C27H34N2O4. The van der Waals surface area contributed by atoms with Crippen molar-refractivity contribution >= 4 is 6.09 Å². The summed E-state index contributed by atoms with van der Waals surface area (Å²) < 4.78 is 16.9. The zero-order valence-electron chi connectivity index (χ0n) is 20.0. The summed E-state index contributed by atoms with van der Waals surface area (Å²) in [4.78, 5) is 15.3. The quantitative estimate of drug-likeness (QED) is 0.708.